The molecular weight excluding hydrogens is 536 g/mol. The van der Waals surface area contributed by atoms with E-state index >= 15 is 0 Å². The number of aromatic amines is 1. The summed E-state index contributed by atoms with van der Waals surface area (Å²) in [6.45, 7) is 3.05. The maximum Gasteiger partial charge on any atom is 0.330 e. The molecule has 3 heterocycles. The minimum Gasteiger partial charge on any atom is -0.387 e. The predicted octanol–water partition coefficient (Wildman–Crippen LogP) is -0.153. The first-order valence-electron chi connectivity index (χ1n) is 15.2. The number of nitrogens with one attached hydrogen (secondary N) is 2. The topological polar surface area (TPSA) is 202 Å². The first kappa shape index (κ1) is 33.8. The van der Waals surface area contributed by atoms with Crippen LogP contribution in [0.15, 0.2) is 21.9 Å². The second-order valence-electron chi connectivity index (χ2n) is 11.2. The van der Waals surface area contributed by atoms with E-state index in [1.807, 2.05) is 0 Å². The highest BCUT2D eigenvalue weighted by Gasteiger charge is 2.50. The van der Waals surface area contributed by atoms with Crippen molar-refractivity contribution in [3.63, 3.8) is 0 Å². The number of unbranched alkanes of at least 4 members (excludes halogenated alkanes) is 10. The van der Waals surface area contributed by atoms with E-state index in [0.717, 1.165) is 29.9 Å². The fourth-order valence-corrected chi connectivity index (χ4v) is 5.44. The molecule has 0 amide bonds. The summed E-state index contributed by atoms with van der Waals surface area (Å²) in [4.78, 5) is 25.9. The van der Waals surface area contributed by atoms with Crippen molar-refractivity contribution in [3.8, 4) is 0 Å². The van der Waals surface area contributed by atoms with Gasteiger partial charge in [-0.05, 0) is 13.0 Å². The third-order valence-electron chi connectivity index (χ3n) is 7.93. The van der Waals surface area contributed by atoms with Gasteiger partial charge in [-0.1, -0.05) is 71.1 Å². The van der Waals surface area contributed by atoms with Crippen molar-refractivity contribution in [2.24, 2.45) is 5.73 Å². The molecule has 236 valence electrons. The molecule has 13 nitrogen and oxygen atoms in total. The number of nitrogens with two attached hydrogens (primary N) is 1. The van der Waals surface area contributed by atoms with Crippen LogP contribution in [0.4, 0.5) is 0 Å². The van der Waals surface area contributed by atoms with Gasteiger partial charge in [-0.25, -0.2) is 4.79 Å². The Bertz CT molecular complexity index is 992. The lowest BCUT2D eigenvalue weighted by molar-refractivity contribution is -0.219. The van der Waals surface area contributed by atoms with E-state index in [9.17, 15) is 30.0 Å². The minimum absolute atomic E-state index is 0.0294. The molecule has 13 heteroatoms. The summed E-state index contributed by atoms with van der Waals surface area (Å²) in [5.41, 5.74) is 4.21. The van der Waals surface area contributed by atoms with Gasteiger partial charge in [0.1, 0.15) is 42.7 Å². The first-order chi connectivity index (χ1) is 19.8. The van der Waals surface area contributed by atoms with Gasteiger partial charge in [0.15, 0.2) is 12.5 Å². The molecule has 41 heavy (non-hydrogen) atoms. The molecule has 0 aliphatic carbocycles. The maximum absolute atomic E-state index is 12.3. The number of rotatable bonds is 19. The van der Waals surface area contributed by atoms with Gasteiger partial charge in [0.05, 0.1) is 0 Å². The molecule has 1 unspecified atom stereocenters. The lowest BCUT2D eigenvalue weighted by atomic mass is 10.0. The maximum atomic E-state index is 12.3. The van der Waals surface area contributed by atoms with Crippen LogP contribution in [-0.2, 0) is 14.2 Å². The Morgan fingerprint density at radius 1 is 0.927 bits per heavy atom. The van der Waals surface area contributed by atoms with E-state index < -0.39 is 66.5 Å². The van der Waals surface area contributed by atoms with Gasteiger partial charge in [-0.15, -0.1) is 0 Å². The lowest BCUT2D eigenvalue weighted by Crippen LogP contribution is -2.48. The molecule has 9 atom stereocenters. The van der Waals surface area contributed by atoms with Crippen LogP contribution < -0.4 is 22.3 Å². The van der Waals surface area contributed by atoms with Crippen LogP contribution in [0.25, 0.3) is 0 Å². The smallest absolute Gasteiger partial charge is 0.330 e. The van der Waals surface area contributed by atoms with Crippen LogP contribution in [-0.4, -0.2) is 98.6 Å². The standard InChI is InChI=1S/C28H50N4O9/c1-2-3-4-5-6-7-8-9-10-11-12-14-30-17-19(40-27-24(37)21(34)18(16-29)39-27)25-22(35)23(36)26(41-25)32-15-13-20(33)31-28(32)38/h13,15,18-19,21-27,30,34-37H,2-12,14,16-17,29H2,1H3,(H,31,33,38)/t18-,19?,21-,22+,23-,24-,25-,26-,27+/m1/s1. The highest BCUT2D eigenvalue weighted by Crippen LogP contribution is 2.33. The van der Waals surface area contributed by atoms with Gasteiger partial charge < -0.3 is 45.7 Å². The number of nitrogens with zero attached hydrogens (tertiary/aromatic N) is 1. The Hall–Kier alpha value is -1.68. The van der Waals surface area contributed by atoms with Gasteiger partial charge >= 0.3 is 5.69 Å². The third kappa shape index (κ3) is 9.66. The van der Waals surface area contributed by atoms with E-state index in [4.69, 9.17) is 19.9 Å². The molecule has 2 saturated heterocycles. The fraction of sp³-hybridized carbons (Fsp3) is 0.857. The van der Waals surface area contributed by atoms with Crippen molar-refractivity contribution in [3.05, 3.63) is 33.1 Å². The zero-order valence-electron chi connectivity index (χ0n) is 24.1. The summed E-state index contributed by atoms with van der Waals surface area (Å²) in [5, 5.41) is 45.5. The van der Waals surface area contributed by atoms with E-state index in [2.05, 4.69) is 17.2 Å². The SMILES string of the molecule is CCCCCCCCCCCCCNCC(O[C@@H]1O[C@H](CN)[C@@H](O)[C@H]1O)[C@H]1O[C@@H](n2ccc(=O)[nH]c2=O)[C@H](O)[C@@H]1O. The lowest BCUT2D eigenvalue weighted by Gasteiger charge is -2.29. The largest absolute Gasteiger partial charge is 0.387 e. The van der Waals surface area contributed by atoms with Crippen LogP contribution >= 0.6 is 0 Å². The molecule has 2 aliphatic heterocycles. The number of aromatic nitrogens is 2. The van der Waals surface area contributed by atoms with Crippen LogP contribution in [0, 0.1) is 0 Å². The summed E-state index contributed by atoms with van der Waals surface area (Å²) >= 11 is 0. The van der Waals surface area contributed by atoms with E-state index in [1.54, 1.807) is 0 Å². The molecule has 2 fully saturated rings. The van der Waals surface area contributed by atoms with E-state index in [1.165, 1.54) is 57.6 Å². The first-order valence-corrected chi connectivity index (χ1v) is 15.2. The van der Waals surface area contributed by atoms with E-state index in [0.29, 0.717) is 6.54 Å². The molecular formula is C28H50N4O9. The molecule has 0 bridgehead atoms. The second kappa shape index (κ2) is 17.4. The Labute approximate surface area is 241 Å². The quantitative estimate of drug-likeness (QED) is 0.106. The van der Waals surface area contributed by atoms with Crippen molar-refractivity contribution in [2.45, 2.75) is 133 Å². The molecule has 8 N–H and O–H groups in total. The van der Waals surface area contributed by atoms with Crippen molar-refractivity contribution < 1.29 is 34.6 Å². The van der Waals surface area contributed by atoms with Gasteiger partial charge in [-0.3, -0.25) is 14.3 Å². The Morgan fingerprint density at radius 3 is 2.15 bits per heavy atom. The Kier molecular flexibility index (Phi) is 14.4. The van der Waals surface area contributed by atoms with Crippen molar-refractivity contribution >= 4 is 0 Å². The summed E-state index contributed by atoms with van der Waals surface area (Å²) in [7, 11) is 0. The molecule has 0 saturated carbocycles. The van der Waals surface area contributed by atoms with Crippen molar-refractivity contribution in [1.29, 1.82) is 0 Å². The van der Waals surface area contributed by atoms with Crippen LogP contribution in [0.5, 0.6) is 0 Å². The highest BCUT2D eigenvalue weighted by atomic mass is 16.7. The van der Waals surface area contributed by atoms with Crippen LogP contribution in [0.1, 0.15) is 83.8 Å². The fourth-order valence-electron chi connectivity index (χ4n) is 5.44. The molecule has 1 aromatic rings. The summed E-state index contributed by atoms with van der Waals surface area (Å²) < 4.78 is 18.4. The second-order valence-corrected chi connectivity index (χ2v) is 11.2. The number of aliphatic hydroxyl groups is 4. The molecule has 0 spiro atoms. The van der Waals surface area contributed by atoms with Crippen LogP contribution in [0.2, 0.25) is 0 Å². The highest BCUT2D eigenvalue weighted by molar-refractivity contribution is 4.97. The van der Waals surface area contributed by atoms with Gasteiger partial charge in [0.2, 0.25) is 0 Å². The molecule has 3 rings (SSSR count). The normalized spacial score (nSPS) is 30.7. The third-order valence-corrected chi connectivity index (χ3v) is 7.93. The number of hydrogen-bond donors (Lipinski definition) is 7. The number of ether oxygens (including phenoxy) is 3. The molecule has 0 aromatic carbocycles. The Balaban J connectivity index is 1.52. The monoisotopic (exact) mass is 586 g/mol. The minimum atomic E-state index is -1.50. The Morgan fingerprint density at radius 2 is 1.56 bits per heavy atom. The van der Waals surface area contributed by atoms with Crippen molar-refractivity contribution in [1.82, 2.24) is 14.9 Å². The van der Waals surface area contributed by atoms with E-state index in [-0.39, 0.29) is 13.1 Å². The zero-order valence-corrected chi connectivity index (χ0v) is 24.1. The average Bonchev–Trinajstić information content (AvgIpc) is 3.40. The molecule has 1 aromatic heterocycles. The number of aliphatic hydroxyl groups excluding tert-OH is 4. The van der Waals surface area contributed by atoms with Gasteiger partial charge in [-0.2, -0.15) is 0 Å². The average molecular weight is 587 g/mol. The van der Waals surface area contributed by atoms with Crippen molar-refractivity contribution in [2.75, 3.05) is 19.6 Å². The molecule has 2 aliphatic rings. The summed E-state index contributed by atoms with van der Waals surface area (Å²) in [6.07, 6.45) is 3.68. The summed E-state index contributed by atoms with van der Waals surface area (Å²) in [6, 6.07) is 1.11. The molecule has 0 radical (unpaired) electrons. The number of H-pyrrole nitrogens is 1. The van der Waals surface area contributed by atoms with Gasteiger partial charge in [0, 0.05) is 25.4 Å². The predicted molar refractivity (Wildman–Crippen MR) is 151 cm³/mol. The van der Waals surface area contributed by atoms with Gasteiger partial charge in [0.25, 0.3) is 5.56 Å². The zero-order chi connectivity index (χ0) is 29.8. The number of hydrogen-bond acceptors (Lipinski definition) is 11. The summed E-state index contributed by atoms with van der Waals surface area (Å²) in [5.74, 6) is 0. The van der Waals surface area contributed by atoms with Crippen LogP contribution in [0.3, 0.4) is 0 Å².